The number of hydrogen-bond donors (Lipinski definition) is 2. The second-order valence-electron chi connectivity index (χ2n) is 3.99. The Morgan fingerprint density at radius 1 is 1.53 bits per heavy atom. The van der Waals surface area contributed by atoms with Crippen LogP contribution in [-0.2, 0) is 17.0 Å². The Labute approximate surface area is 118 Å². The number of carbonyl (C=O) groups is 1. The van der Waals surface area contributed by atoms with Crippen molar-refractivity contribution < 1.29 is 4.79 Å². The number of aromatic amines is 1. The summed E-state index contributed by atoms with van der Waals surface area (Å²) in [5.74, 6) is 1.01. The molecule has 9 heteroatoms. The molecule has 0 saturated carbocycles. The van der Waals surface area contributed by atoms with Crippen LogP contribution in [0, 0.1) is 0 Å². The summed E-state index contributed by atoms with van der Waals surface area (Å²) in [5.41, 5.74) is 6.35. The first kappa shape index (κ1) is 13.8. The minimum Gasteiger partial charge on any atom is -0.368 e. The van der Waals surface area contributed by atoms with Gasteiger partial charge in [0, 0.05) is 25.2 Å². The van der Waals surface area contributed by atoms with Crippen LogP contribution in [-0.4, -0.2) is 45.1 Å². The lowest BCUT2D eigenvalue weighted by molar-refractivity contribution is -0.127. The SMILES string of the molecule is CN(C)C(=O)Cc1nc(CSc2n[nH]c(N)n2)cs1. The first-order valence-corrected chi connectivity index (χ1v) is 7.35. The van der Waals surface area contributed by atoms with E-state index in [1.54, 1.807) is 19.0 Å². The number of thioether (sulfide) groups is 1. The molecule has 19 heavy (non-hydrogen) atoms. The van der Waals surface area contributed by atoms with Gasteiger partial charge in [-0.15, -0.1) is 16.4 Å². The summed E-state index contributed by atoms with van der Waals surface area (Å²) in [6.45, 7) is 0. The molecule has 0 unspecified atom stereocenters. The molecule has 0 saturated heterocycles. The summed E-state index contributed by atoms with van der Waals surface area (Å²) >= 11 is 2.94. The molecule has 0 aliphatic heterocycles. The van der Waals surface area contributed by atoms with E-state index in [2.05, 4.69) is 20.2 Å². The van der Waals surface area contributed by atoms with Gasteiger partial charge in [0.15, 0.2) is 0 Å². The van der Waals surface area contributed by atoms with Crippen LogP contribution in [0.25, 0.3) is 0 Å². The van der Waals surface area contributed by atoms with Crippen LogP contribution in [0.5, 0.6) is 0 Å². The van der Waals surface area contributed by atoms with Gasteiger partial charge in [0.25, 0.3) is 0 Å². The fourth-order valence-corrected chi connectivity index (χ4v) is 2.83. The zero-order chi connectivity index (χ0) is 13.8. The van der Waals surface area contributed by atoms with Gasteiger partial charge in [-0.1, -0.05) is 11.8 Å². The third-order valence-corrected chi connectivity index (χ3v) is 4.01. The summed E-state index contributed by atoms with van der Waals surface area (Å²) in [4.78, 5) is 21.5. The summed E-state index contributed by atoms with van der Waals surface area (Å²) in [7, 11) is 3.47. The zero-order valence-corrected chi connectivity index (χ0v) is 12.2. The molecule has 0 spiro atoms. The predicted molar refractivity (Wildman–Crippen MR) is 74.9 cm³/mol. The van der Waals surface area contributed by atoms with Gasteiger partial charge >= 0.3 is 0 Å². The minimum atomic E-state index is 0.0512. The van der Waals surface area contributed by atoms with Crippen molar-refractivity contribution in [1.29, 1.82) is 0 Å². The molecule has 2 aromatic heterocycles. The van der Waals surface area contributed by atoms with Crippen molar-refractivity contribution in [1.82, 2.24) is 25.1 Å². The van der Waals surface area contributed by atoms with Crippen molar-refractivity contribution in [3.8, 4) is 0 Å². The number of H-pyrrole nitrogens is 1. The molecule has 2 aromatic rings. The molecule has 2 rings (SSSR count). The van der Waals surface area contributed by atoms with E-state index in [-0.39, 0.29) is 5.91 Å². The number of amides is 1. The number of carbonyl (C=O) groups excluding carboxylic acids is 1. The molecule has 0 aromatic carbocycles. The maximum atomic E-state index is 11.6. The molecule has 0 fully saturated rings. The monoisotopic (exact) mass is 298 g/mol. The number of anilines is 1. The molecule has 102 valence electrons. The van der Waals surface area contributed by atoms with Crippen molar-refractivity contribution in [2.75, 3.05) is 19.8 Å². The van der Waals surface area contributed by atoms with Crippen molar-refractivity contribution in [2.45, 2.75) is 17.3 Å². The number of aromatic nitrogens is 4. The molecular formula is C10H14N6OS2. The first-order chi connectivity index (χ1) is 9.04. The van der Waals surface area contributed by atoms with E-state index >= 15 is 0 Å². The van der Waals surface area contributed by atoms with Crippen LogP contribution in [0.2, 0.25) is 0 Å². The third-order valence-electron chi connectivity index (χ3n) is 2.23. The van der Waals surface area contributed by atoms with E-state index in [1.807, 2.05) is 5.38 Å². The van der Waals surface area contributed by atoms with Gasteiger partial charge in [-0.05, 0) is 0 Å². The quantitative estimate of drug-likeness (QED) is 0.791. The highest BCUT2D eigenvalue weighted by molar-refractivity contribution is 7.98. The van der Waals surface area contributed by atoms with Crippen molar-refractivity contribution in [3.63, 3.8) is 0 Å². The van der Waals surface area contributed by atoms with E-state index in [0.717, 1.165) is 10.7 Å². The maximum absolute atomic E-state index is 11.6. The number of rotatable bonds is 5. The van der Waals surface area contributed by atoms with Crippen LogP contribution in [0.1, 0.15) is 10.7 Å². The van der Waals surface area contributed by atoms with Crippen LogP contribution >= 0.6 is 23.1 Å². The van der Waals surface area contributed by atoms with Gasteiger partial charge in [0.1, 0.15) is 5.01 Å². The molecule has 0 bridgehead atoms. The third kappa shape index (κ3) is 3.93. The number of nitrogens with zero attached hydrogens (tertiary/aromatic N) is 4. The van der Waals surface area contributed by atoms with E-state index in [4.69, 9.17) is 5.73 Å². The Bertz CT molecular complexity index is 564. The smallest absolute Gasteiger partial charge is 0.228 e. The van der Waals surface area contributed by atoms with Gasteiger partial charge in [-0.25, -0.2) is 10.1 Å². The maximum Gasteiger partial charge on any atom is 0.228 e. The summed E-state index contributed by atoms with van der Waals surface area (Å²) in [5, 5.41) is 9.87. The Morgan fingerprint density at radius 2 is 2.32 bits per heavy atom. The Morgan fingerprint density at radius 3 is 2.95 bits per heavy atom. The van der Waals surface area contributed by atoms with Gasteiger partial charge in [-0.3, -0.25) is 4.79 Å². The summed E-state index contributed by atoms with van der Waals surface area (Å²) in [6, 6.07) is 0. The van der Waals surface area contributed by atoms with Gasteiger partial charge in [0.2, 0.25) is 17.0 Å². The number of nitrogens with two attached hydrogens (primary N) is 1. The molecule has 2 heterocycles. The molecule has 7 nitrogen and oxygen atoms in total. The molecule has 0 aliphatic carbocycles. The predicted octanol–water partition coefficient (Wildman–Crippen LogP) is 0.766. The fourth-order valence-electron chi connectivity index (χ4n) is 1.25. The van der Waals surface area contributed by atoms with Crippen LogP contribution in [0.15, 0.2) is 10.5 Å². The Balaban J connectivity index is 1.88. The second-order valence-corrected chi connectivity index (χ2v) is 5.87. The zero-order valence-electron chi connectivity index (χ0n) is 10.6. The number of thiazole rings is 1. The minimum absolute atomic E-state index is 0.0512. The summed E-state index contributed by atoms with van der Waals surface area (Å²) < 4.78 is 0. The van der Waals surface area contributed by atoms with Crippen LogP contribution < -0.4 is 5.73 Å². The van der Waals surface area contributed by atoms with E-state index in [0.29, 0.717) is 23.3 Å². The molecule has 0 radical (unpaired) electrons. The molecule has 3 N–H and O–H groups in total. The number of nitrogens with one attached hydrogen (secondary N) is 1. The lowest BCUT2D eigenvalue weighted by Crippen LogP contribution is -2.23. The summed E-state index contributed by atoms with van der Waals surface area (Å²) in [6.07, 6.45) is 0.343. The average molecular weight is 298 g/mol. The van der Waals surface area contributed by atoms with E-state index in [1.165, 1.54) is 23.1 Å². The highest BCUT2D eigenvalue weighted by Gasteiger charge is 2.10. The lowest BCUT2D eigenvalue weighted by atomic mass is 10.4. The second kappa shape index (κ2) is 6.02. The highest BCUT2D eigenvalue weighted by atomic mass is 32.2. The Hall–Kier alpha value is -1.61. The molecule has 0 atom stereocenters. The van der Waals surface area contributed by atoms with Gasteiger partial charge < -0.3 is 10.6 Å². The average Bonchev–Trinajstić information content (AvgIpc) is 2.95. The van der Waals surface area contributed by atoms with E-state index < -0.39 is 0 Å². The first-order valence-electron chi connectivity index (χ1n) is 5.48. The Kier molecular flexibility index (Phi) is 4.38. The van der Waals surface area contributed by atoms with Crippen LogP contribution in [0.4, 0.5) is 5.95 Å². The molecule has 1 amide bonds. The molecule has 0 aliphatic rings. The number of nitrogen functional groups attached to an aromatic ring is 1. The van der Waals surface area contributed by atoms with Crippen molar-refractivity contribution in [2.24, 2.45) is 0 Å². The van der Waals surface area contributed by atoms with E-state index in [9.17, 15) is 4.79 Å². The molecular weight excluding hydrogens is 284 g/mol. The normalized spacial score (nSPS) is 10.6. The van der Waals surface area contributed by atoms with Gasteiger partial charge in [0.05, 0.1) is 12.1 Å². The standard InChI is InChI=1S/C10H14N6OS2/c1-16(2)8(17)3-7-12-6(4-18-7)5-19-10-13-9(11)14-15-10/h4H,3,5H2,1-2H3,(H3,11,13,14,15). The number of likely N-dealkylation sites (N-methyl/N-ethyl adjacent to an activating group) is 1. The topological polar surface area (TPSA) is 101 Å². The fraction of sp³-hybridized carbons (Fsp3) is 0.400. The number of hydrogen-bond acceptors (Lipinski definition) is 7. The van der Waals surface area contributed by atoms with Crippen molar-refractivity contribution >= 4 is 35.0 Å². The van der Waals surface area contributed by atoms with Crippen LogP contribution in [0.3, 0.4) is 0 Å². The van der Waals surface area contributed by atoms with Crippen molar-refractivity contribution in [3.05, 3.63) is 16.1 Å². The lowest BCUT2D eigenvalue weighted by Gasteiger charge is -2.07. The van der Waals surface area contributed by atoms with Gasteiger partial charge in [-0.2, -0.15) is 4.98 Å². The largest absolute Gasteiger partial charge is 0.368 e. The highest BCUT2D eigenvalue weighted by Crippen LogP contribution is 2.21.